The number of rotatable bonds is 8. The van der Waals surface area contributed by atoms with Crippen LogP contribution in [-0.2, 0) is 6.61 Å². The summed E-state index contributed by atoms with van der Waals surface area (Å²) in [6.07, 6.45) is 2.40. The molecule has 0 bridgehead atoms. The third-order valence-corrected chi connectivity index (χ3v) is 5.96. The van der Waals surface area contributed by atoms with Gasteiger partial charge in [-0.05, 0) is 73.8 Å². The molecule has 4 rings (SSSR count). The normalized spacial score (nSPS) is 15.3. The molecular weight excluding hydrogens is 391 g/mol. The largest absolute Gasteiger partial charge is 0.486 e. The molecule has 29 heavy (non-hydrogen) atoms. The topological polar surface area (TPSA) is 54.7 Å². The van der Waals surface area contributed by atoms with Gasteiger partial charge >= 0.3 is 0 Å². The van der Waals surface area contributed by atoms with E-state index >= 15 is 0 Å². The van der Waals surface area contributed by atoms with E-state index in [9.17, 15) is 9.18 Å². The molecule has 3 aromatic rings. The average Bonchev–Trinajstić information content (AvgIpc) is 3.50. The fourth-order valence-electron chi connectivity index (χ4n) is 3.48. The highest BCUT2D eigenvalue weighted by atomic mass is 32.1. The number of carbonyl (C=O) groups is 1. The fourth-order valence-corrected chi connectivity index (χ4v) is 4.34. The molecule has 0 radical (unpaired) electrons. The number of carbonyl (C=O) groups excluding carboxylic acids is 1. The third kappa shape index (κ3) is 5.05. The lowest BCUT2D eigenvalue weighted by Crippen LogP contribution is -2.36. The van der Waals surface area contributed by atoms with Crippen LogP contribution in [0.15, 0.2) is 58.3 Å². The Morgan fingerprint density at radius 1 is 1.17 bits per heavy atom. The van der Waals surface area contributed by atoms with E-state index in [1.165, 1.54) is 29.9 Å². The van der Waals surface area contributed by atoms with Gasteiger partial charge in [0.1, 0.15) is 23.9 Å². The first-order chi connectivity index (χ1) is 14.2. The highest BCUT2D eigenvalue weighted by Crippen LogP contribution is 2.28. The molecule has 3 heterocycles. The molecule has 5 nitrogen and oxygen atoms in total. The molecule has 0 saturated carbocycles. The molecule has 1 fully saturated rings. The van der Waals surface area contributed by atoms with Crippen molar-refractivity contribution in [3.05, 3.63) is 76.1 Å². The van der Waals surface area contributed by atoms with E-state index in [1.807, 2.05) is 6.07 Å². The van der Waals surface area contributed by atoms with E-state index in [1.54, 1.807) is 35.6 Å². The van der Waals surface area contributed by atoms with Gasteiger partial charge in [-0.25, -0.2) is 4.39 Å². The van der Waals surface area contributed by atoms with Crippen LogP contribution in [-0.4, -0.2) is 30.4 Å². The molecule has 1 unspecified atom stereocenters. The highest BCUT2D eigenvalue weighted by Gasteiger charge is 2.25. The van der Waals surface area contributed by atoms with Crippen LogP contribution in [0.25, 0.3) is 0 Å². The summed E-state index contributed by atoms with van der Waals surface area (Å²) in [6.45, 7) is 2.83. The standard InChI is InChI=1S/C22H23FN2O3S/c23-16-5-7-17(8-6-16)27-15-18-9-10-20(28-18)22(26)24-14-19(21-4-3-13-29-21)25-11-1-2-12-25/h3-10,13,19H,1-2,11-12,14-15H2,(H,24,26). The first-order valence-corrected chi connectivity index (χ1v) is 10.6. The van der Waals surface area contributed by atoms with E-state index in [4.69, 9.17) is 9.15 Å². The monoisotopic (exact) mass is 414 g/mol. The van der Waals surface area contributed by atoms with Crippen molar-refractivity contribution in [1.29, 1.82) is 0 Å². The van der Waals surface area contributed by atoms with E-state index in [0.29, 0.717) is 18.1 Å². The van der Waals surface area contributed by atoms with Crippen LogP contribution in [0.1, 0.15) is 40.1 Å². The minimum absolute atomic E-state index is 0.171. The van der Waals surface area contributed by atoms with Crippen molar-refractivity contribution >= 4 is 17.2 Å². The van der Waals surface area contributed by atoms with Gasteiger partial charge in [-0.1, -0.05) is 6.07 Å². The summed E-state index contributed by atoms with van der Waals surface area (Å²) >= 11 is 1.72. The lowest BCUT2D eigenvalue weighted by molar-refractivity contribution is 0.0906. The van der Waals surface area contributed by atoms with Crippen molar-refractivity contribution in [2.24, 2.45) is 0 Å². The van der Waals surface area contributed by atoms with Crippen LogP contribution in [0.3, 0.4) is 0 Å². The molecule has 0 spiro atoms. The van der Waals surface area contributed by atoms with Gasteiger partial charge in [-0.15, -0.1) is 11.3 Å². The maximum absolute atomic E-state index is 12.9. The zero-order chi connectivity index (χ0) is 20.1. The number of likely N-dealkylation sites (tertiary alicyclic amines) is 1. The van der Waals surface area contributed by atoms with Crippen LogP contribution < -0.4 is 10.1 Å². The summed E-state index contributed by atoms with van der Waals surface area (Å²) in [5.41, 5.74) is 0. The molecule has 1 aromatic carbocycles. The molecule has 1 aliphatic heterocycles. The third-order valence-electron chi connectivity index (χ3n) is 4.99. The number of halogens is 1. The Labute approximate surface area is 173 Å². The van der Waals surface area contributed by atoms with Crippen molar-refractivity contribution in [2.45, 2.75) is 25.5 Å². The second-order valence-corrected chi connectivity index (χ2v) is 7.97. The molecule has 152 valence electrons. The maximum Gasteiger partial charge on any atom is 0.287 e. The van der Waals surface area contributed by atoms with Crippen LogP contribution in [0.2, 0.25) is 0 Å². The molecule has 1 atom stereocenters. The smallest absolute Gasteiger partial charge is 0.287 e. The SMILES string of the molecule is O=C(NCC(c1cccs1)N1CCCC1)c1ccc(COc2ccc(F)cc2)o1. The lowest BCUT2D eigenvalue weighted by atomic mass is 10.2. The van der Waals surface area contributed by atoms with Crippen LogP contribution in [0, 0.1) is 5.82 Å². The average molecular weight is 415 g/mol. The number of benzene rings is 1. The van der Waals surface area contributed by atoms with Crippen molar-refractivity contribution < 1.29 is 18.3 Å². The second kappa shape index (κ2) is 9.24. The number of nitrogens with zero attached hydrogens (tertiary/aromatic N) is 1. The molecule has 2 aromatic heterocycles. The van der Waals surface area contributed by atoms with Crippen molar-refractivity contribution in [3.8, 4) is 5.75 Å². The van der Waals surface area contributed by atoms with E-state index in [2.05, 4.69) is 21.7 Å². The van der Waals surface area contributed by atoms with Gasteiger partial charge < -0.3 is 14.5 Å². The number of nitrogens with one attached hydrogen (secondary N) is 1. The molecule has 0 aliphatic carbocycles. The highest BCUT2D eigenvalue weighted by molar-refractivity contribution is 7.10. The number of ether oxygens (including phenoxy) is 1. The maximum atomic E-state index is 12.9. The molecule has 1 amide bonds. The Hall–Kier alpha value is -2.64. The first kappa shape index (κ1) is 19.7. The van der Waals surface area contributed by atoms with Gasteiger partial charge in [-0.3, -0.25) is 9.69 Å². The Morgan fingerprint density at radius 3 is 2.69 bits per heavy atom. The second-order valence-electron chi connectivity index (χ2n) is 6.99. The van der Waals surface area contributed by atoms with Gasteiger partial charge in [0.2, 0.25) is 0 Å². The van der Waals surface area contributed by atoms with Crippen LogP contribution in [0.4, 0.5) is 4.39 Å². The Balaban J connectivity index is 1.33. The first-order valence-electron chi connectivity index (χ1n) is 9.72. The van der Waals surface area contributed by atoms with Gasteiger partial charge in [0.25, 0.3) is 5.91 Å². The zero-order valence-corrected chi connectivity index (χ0v) is 16.8. The van der Waals surface area contributed by atoms with Crippen molar-refractivity contribution in [2.75, 3.05) is 19.6 Å². The zero-order valence-electron chi connectivity index (χ0n) is 16.0. The Kier molecular flexibility index (Phi) is 6.27. The molecule has 1 aliphatic rings. The summed E-state index contributed by atoms with van der Waals surface area (Å²) in [6, 6.07) is 13.5. The predicted octanol–water partition coefficient (Wildman–Crippen LogP) is 4.63. The van der Waals surface area contributed by atoms with Crippen LogP contribution in [0.5, 0.6) is 5.75 Å². The molecular formula is C22H23FN2O3S. The van der Waals surface area contributed by atoms with Crippen molar-refractivity contribution in [3.63, 3.8) is 0 Å². The fraction of sp³-hybridized carbons (Fsp3) is 0.318. The predicted molar refractivity (Wildman–Crippen MR) is 110 cm³/mol. The summed E-state index contributed by atoms with van der Waals surface area (Å²) < 4.78 is 24.1. The number of thiophene rings is 1. The van der Waals surface area contributed by atoms with E-state index in [0.717, 1.165) is 13.1 Å². The Morgan fingerprint density at radius 2 is 1.97 bits per heavy atom. The summed E-state index contributed by atoms with van der Waals surface area (Å²) in [5.74, 6) is 0.781. The summed E-state index contributed by atoms with van der Waals surface area (Å²) in [7, 11) is 0. The van der Waals surface area contributed by atoms with E-state index < -0.39 is 0 Å². The molecule has 1 saturated heterocycles. The van der Waals surface area contributed by atoms with E-state index in [-0.39, 0.29) is 30.1 Å². The van der Waals surface area contributed by atoms with Gasteiger partial charge in [0.15, 0.2) is 5.76 Å². The minimum atomic E-state index is -0.316. The Bertz CT molecular complexity index is 918. The van der Waals surface area contributed by atoms with Gasteiger partial charge in [0.05, 0.1) is 6.04 Å². The lowest BCUT2D eigenvalue weighted by Gasteiger charge is -2.26. The number of furan rings is 1. The molecule has 1 N–H and O–H groups in total. The minimum Gasteiger partial charge on any atom is -0.486 e. The van der Waals surface area contributed by atoms with Crippen LogP contribution >= 0.6 is 11.3 Å². The summed E-state index contributed by atoms with van der Waals surface area (Å²) in [5, 5.41) is 5.08. The quantitative estimate of drug-likeness (QED) is 0.584. The number of hydrogen-bond acceptors (Lipinski definition) is 5. The number of amides is 1. The van der Waals surface area contributed by atoms with Gasteiger partial charge in [-0.2, -0.15) is 0 Å². The summed E-state index contributed by atoms with van der Waals surface area (Å²) in [4.78, 5) is 16.2. The molecule has 7 heteroatoms. The number of hydrogen-bond donors (Lipinski definition) is 1. The van der Waals surface area contributed by atoms with Crippen molar-refractivity contribution in [1.82, 2.24) is 10.2 Å². The van der Waals surface area contributed by atoms with Gasteiger partial charge in [0, 0.05) is 11.4 Å².